The van der Waals surface area contributed by atoms with Gasteiger partial charge < -0.3 is 9.88 Å². The molecule has 5 rings (SSSR count). The summed E-state index contributed by atoms with van der Waals surface area (Å²) >= 11 is 6.03. The summed E-state index contributed by atoms with van der Waals surface area (Å²) in [6, 6.07) is 14.0. The van der Waals surface area contributed by atoms with E-state index in [2.05, 4.69) is 20.5 Å². The van der Waals surface area contributed by atoms with Crippen LogP contribution in [-0.4, -0.2) is 35.0 Å². The van der Waals surface area contributed by atoms with Crippen molar-refractivity contribution in [2.45, 2.75) is 13.0 Å². The zero-order valence-electron chi connectivity index (χ0n) is 19.3. The first kappa shape index (κ1) is 22.5. The van der Waals surface area contributed by atoms with Crippen LogP contribution in [0.1, 0.15) is 28.9 Å². The first-order valence-electron chi connectivity index (χ1n) is 10.9. The van der Waals surface area contributed by atoms with Crippen LogP contribution < -0.4 is 10.9 Å². The largest absolute Gasteiger partial charge is 0.345 e. The third-order valence-corrected chi connectivity index (χ3v) is 6.08. The molecule has 1 N–H and O–H groups in total. The van der Waals surface area contributed by atoms with Gasteiger partial charge in [0.05, 0.1) is 41.5 Å². The molecule has 3 heterocycles. The van der Waals surface area contributed by atoms with Gasteiger partial charge in [-0.05, 0) is 42.8 Å². The first-order valence-corrected chi connectivity index (χ1v) is 11.3. The van der Waals surface area contributed by atoms with E-state index in [4.69, 9.17) is 11.6 Å². The third-order valence-electron chi connectivity index (χ3n) is 5.83. The van der Waals surface area contributed by atoms with Crippen molar-refractivity contribution in [3.63, 3.8) is 0 Å². The molecule has 3 aromatic heterocycles. The smallest absolute Gasteiger partial charge is 0.284 e. The Labute approximate surface area is 205 Å². The Morgan fingerprint density at radius 1 is 1.09 bits per heavy atom. The van der Waals surface area contributed by atoms with Gasteiger partial charge in [-0.15, -0.1) is 0 Å². The molecular formula is C25H22ClN7O2. The van der Waals surface area contributed by atoms with Gasteiger partial charge in [0.2, 0.25) is 0 Å². The number of imidazole rings is 1. The van der Waals surface area contributed by atoms with Gasteiger partial charge in [0, 0.05) is 24.7 Å². The molecule has 2 aromatic carbocycles. The zero-order chi connectivity index (χ0) is 24.7. The van der Waals surface area contributed by atoms with Crippen LogP contribution in [-0.2, 0) is 14.1 Å². The summed E-state index contributed by atoms with van der Waals surface area (Å²) in [5, 5.41) is 12.1. The van der Waals surface area contributed by atoms with E-state index in [1.807, 2.05) is 36.7 Å². The number of aryl methyl sites for hydroxylation is 2. The predicted molar refractivity (Wildman–Crippen MR) is 134 cm³/mol. The van der Waals surface area contributed by atoms with Crippen molar-refractivity contribution in [2.24, 2.45) is 14.1 Å². The molecular weight excluding hydrogens is 466 g/mol. The highest BCUT2D eigenvalue weighted by atomic mass is 35.5. The highest BCUT2D eigenvalue weighted by Crippen LogP contribution is 2.22. The van der Waals surface area contributed by atoms with Gasteiger partial charge in [-0.2, -0.15) is 14.9 Å². The van der Waals surface area contributed by atoms with Crippen LogP contribution >= 0.6 is 11.6 Å². The molecule has 1 atom stereocenters. The minimum absolute atomic E-state index is 0.0257. The van der Waals surface area contributed by atoms with Crippen molar-refractivity contribution in [2.75, 3.05) is 0 Å². The van der Waals surface area contributed by atoms with E-state index in [0.717, 1.165) is 22.2 Å². The Bertz CT molecular complexity index is 1620. The van der Waals surface area contributed by atoms with E-state index >= 15 is 0 Å². The van der Waals surface area contributed by atoms with Gasteiger partial charge in [0.15, 0.2) is 0 Å². The minimum atomic E-state index is -0.539. The van der Waals surface area contributed by atoms with Crippen molar-refractivity contribution < 1.29 is 4.79 Å². The third kappa shape index (κ3) is 4.33. The fourth-order valence-corrected chi connectivity index (χ4v) is 4.01. The number of nitrogens with one attached hydrogen (secondary N) is 1. The average molecular weight is 488 g/mol. The maximum atomic E-state index is 13.3. The number of rotatable bonds is 5. The lowest BCUT2D eigenvalue weighted by molar-refractivity contribution is 0.0937. The molecule has 0 radical (unpaired) electrons. The quantitative estimate of drug-likeness (QED) is 0.408. The van der Waals surface area contributed by atoms with Crippen molar-refractivity contribution in [3.8, 4) is 16.9 Å². The second-order valence-corrected chi connectivity index (χ2v) is 8.77. The summed E-state index contributed by atoms with van der Waals surface area (Å²) in [6.45, 7) is 1.87. The van der Waals surface area contributed by atoms with Gasteiger partial charge in [0.1, 0.15) is 11.3 Å². The molecule has 0 saturated heterocycles. The number of aromatic nitrogens is 6. The molecule has 0 aliphatic rings. The summed E-state index contributed by atoms with van der Waals surface area (Å²) in [7, 11) is 3.66. The van der Waals surface area contributed by atoms with Gasteiger partial charge in [0.25, 0.3) is 11.5 Å². The Morgan fingerprint density at radius 3 is 2.57 bits per heavy atom. The number of amides is 1. The molecule has 0 spiro atoms. The van der Waals surface area contributed by atoms with E-state index in [1.165, 1.54) is 16.9 Å². The average Bonchev–Trinajstić information content (AvgIpc) is 3.45. The van der Waals surface area contributed by atoms with Crippen LogP contribution in [0.2, 0.25) is 5.02 Å². The van der Waals surface area contributed by atoms with E-state index in [0.29, 0.717) is 16.4 Å². The van der Waals surface area contributed by atoms with Crippen LogP contribution in [0.3, 0.4) is 0 Å². The molecule has 5 aromatic rings. The van der Waals surface area contributed by atoms with Crippen LogP contribution in [0.4, 0.5) is 0 Å². The number of halogens is 1. The maximum absolute atomic E-state index is 13.3. The lowest BCUT2D eigenvalue weighted by Crippen LogP contribution is -2.35. The summed E-state index contributed by atoms with van der Waals surface area (Å²) < 4.78 is 4.67. The van der Waals surface area contributed by atoms with Gasteiger partial charge in [-0.25, -0.2) is 4.98 Å². The molecule has 0 saturated carbocycles. The molecule has 35 heavy (non-hydrogen) atoms. The standard InChI is InChI=1S/C25H22ClN7O2/c1-15(17-6-9-21-23(10-17)31(2)14-27-21)29-24(34)20-11-22(16-4-7-18(26)8-5-16)30-33(25(20)35)19-12-28-32(3)13-19/h4-15H,1-3H3,(H,29,34). The Kier molecular flexibility index (Phi) is 5.70. The molecule has 0 fully saturated rings. The van der Waals surface area contributed by atoms with Gasteiger partial charge in [-0.3, -0.25) is 14.3 Å². The van der Waals surface area contributed by atoms with Crippen LogP contribution in [0.5, 0.6) is 0 Å². The number of carbonyl (C=O) groups excluding carboxylic acids is 1. The monoisotopic (exact) mass is 487 g/mol. The lowest BCUT2D eigenvalue weighted by Gasteiger charge is -2.16. The molecule has 1 amide bonds. The first-order chi connectivity index (χ1) is 16.8. The fourth-order valence-electron chi connectivity index (χ4n) is 3.88. The highest BCUT2D eigenvalue weighted by Gasteiger charge is 2.20. The number of benzene rings is 2. The van der Waals surface area contributed by atoms with Crippen LogP contribution in [0.15, 0.2) is 72.0 Å². The number of carbonyl (C=O) groups is 1. The second kappa shape index (κ2) is 8.84. The summed E-state index contributed by atoms with van der Waals surface area (Å²) in [5.41, 5.74) is 3.79. The normalized spacial score (nSPS) is 12.1. The molecule has 0 aliphatic carbocycles. The maximum Gasteiger partial charge on any atom is 0.284 e. The van der Waals surface area contributed by atoms with E-state index in [1.54, 1.807) is 48.5 Å². The lowest BCUT2D eigenvalue weighted by atomic mass is 10.1. The number of hydrogen-bond donors (Lipinski definition) is 1. The van der Waals surface area contributed by atoms with E-state index < -0.39 is 11.5 Å². The van der Waals surface area contributed by atoms with E-state index in [-0.39, 0.29) is 11.6 Å². The predicted octanol–water partition coefficient (Wildman–Crippen LogP) is 3.66. The fraction of sp³-hybridized carbons (Fsp3) is 0.160. The summed E-state index contributed by atoms with van der Waals surface area (Å²) in [5.74, 6) is -0.497. The van der Waals surface area contributed by atoms with Crippen molar-refractivity contribution >= 4 is 28.5 Å². The summed E-state index contributed by atoms with van der Waals surface area (Å²) in [6.07, 6.45) is 4.93. The van der Waals surface area contributed by atoms with Crippen molar-refractivity contribution in [1.29, 1.82) is 0 Å². The van der Waals surface area contributed by atoms with E-state index in [9.17, 15) is 9.59 Å². The number of fused-ring (bicyclic) bond motifs is 1. The molecule has 0 bridgehead atoms. The Balaban J connectivity index is 1.54. The minimum Gasteiger partial charge on any atom is -0.345 e. The number of hydrogen-bond acceptors (Lipinski definition) is 5. The van der Waals surface area contributed by atoms with Crippen LogP contribution in [0.25, 0.3) is 28.0 Å². The Morgan fingerprint density at radius 2 is 1.86 bits per heavy atom. The van der Waals surface area contributed by atoms with Crippen molar-refractivity contribution in [1.82, 2.24) is 34.4 Å². The SMILES string of the molecule is CC(NC(=O)c1cc(-c2ccc(Cl)cc2)nn(-c2cnn(C)c2)c1=O)c1ccc2ncn(C)c2c1. The molecule has 9 nitrogen and oxygen atoms in total. The van der Waals surface area contributed by atoms with Gasteiger partial charge in [-0.1, -0.05) is 29.8 Å². The van der Waals surface area contributed by atoms with Crippen LogP contribution in [0, 0.1) is 0 Å². The summed E-state index contributed by atoms with van der Waals surface area (Å²) in [4.78, 5) is 31.0. The molecule has 10 heteroatoms. The van der Waals surface area contributed by atoms with Crippen molar-refractivity contribution in [3.05, 3.63) is 93.8 Å². The molecule has 0 aliphatic heterocycles. The Hall–Kier alpha value is -4.24. The highest BCUT2D eigenvalue weighted by molar-refractivity contribution is 6.30. The topological polar surface area (TPSA) is 99.6 Å². The van der Waals surface area contributed by atoms with Gasteiger partial charge >= 0.3 is 0 Å². The number of nitrogens with zero attached hydrogens (tertiary/aromatic N) is 6. The molecule has 1 unspecified atom stereocenters. The zero-order valence-corrected chi connectivity index (χ0v) is 20.1. The molecule has 176 valence electrons. The second-order valence-electron chi connectivity index (χ2n) is 8.34.